The van der Waals surface area contributed by atoms with Crippen molar-refractivity contribution in [2.24, 2.45) is 5.73 Å². The predicted octanol–water partition coefficient (Wildman–Crippen LogP) is 2.78. The molecule has 106 valence electrons. The molecule has 0 heterocycles. The van der Waals surface area contributed by atoms with Crippen molar-refractivity contribution in [2.45, 2.75) is 19.4 Å². The summed E-state index contributed by atoms with van der Waals surface area (Å²) in [5, 5.41) is 12.4. The van der Waals surface area contributed by atoms with Crippen molar-refractivity contribution in [3.8, 4) is 11.1 Å². The van der Waals surface area contributed by atoms with Crippen LogP contribution in [0.15, 0.2) is 48.5 Å². The van der Waals surface area contributed by atoms with Crippen LogP contribution in [0.25, 0.3) is 11.1 Å². The van der Waals surface area contributed by atoms with Crippen LogP contribution in [0.4, 0.5) is 5.69 Å². The number of rotatable bonds is 5. The van der Waals surface area contributed by atoms with Gasteiger partial charge in [-0.05, 0) is 37.1 Å². The Morgan fingerprint density at radius 1 is 1.00 bits per heavy atom. The second-order valence-corrected chi connectivity index (χ2v) is 5.61. The molecular weight excluding hydrogens is 248 g/mol. The summed E-state index contributed by atoms with van der Waals surface area (Å²) in [5.41, 5.74) is 9.95. The maximum absolute atomic E-state index is 9.12. The molecule has 4 N–H and O–H groups in total. The zero-order chi connectivity index (χ0) is 14.6. The van der Waals surface area contributed by atoms with E-state index in [4.69, 9.17) is 10.8 Å². The third-order valence-corrected chi connectivity index (χ3v) is 3.33. The lowest BCUT2D eigenvalue weighted by Crippen LogP contribution is -2.46. The van der Waals surface area contributed by atoms with Crippen LogP contribution in [0.1, 0.15) is 12.5 Å². The lowest BCUT2D eigenvalue weighted by Gasteiger charge is -2.22. The first-order valence-corrected chi connectivity index (χ1v) is 6.81. The number of hydrogen-bond donors (Lipinski definition) is 3. The van der Waals surface area contributed by atoms with E-state index in [1.807, 2.05) is 19.1 Å². The average molecular weight is 270 g/mol. The van der Waals surface area contributed by atoms with E-state index in [0.29, 0.717) is 6.54 Å². The van der Waals surface area contributed by atoms with Gasteiger partial charge in [-0.1, -0.05) is 42.0 Å². The lowest BCUT2D eigenvalue weighted by molar-refractivity contribution is 0.216. The van der Waals surface area contributed by atoms with Crippen LogP contribution in [-0.2, 0) is 0 Å². The predicted molar refractivity (Wildman–Crippen MR) is 84.8 cm³/mol. The molecule has 0 amide bonds. The van der Waals surface area contributed by atoms with Crippen molar-refractivity contribution in [1.82, 2.24) is 0 Å². The van der Waals surface area contributed by atoms with Crippen LogP contribution in [0, 0.1) is 6.92 Å². The van der Waals surface area contributed by atoms with E-state index in [9.17, 15) is 0 Å². The van der Waals surface area contributed by atoms with E-state index in [-0.39, 0.29) is 6.61 Å². The Balaban J connectivity index is 2.05. The van der Waals surface area contributed by atoms with Crippen molar-refractivity contribution >= 4 is 5.69 Å². The fourth-order valence-corrected chi connectivity index (χ4v) is 1.89. The van der Waals surface area contributed by atoms with Gasteiger partial charge in [0.05, 0.1) is 12.1 Å². The monoisotopic (exact) mass is 270 g/mol. The van der Waals surface area contributed by atoms with Gasteiger partial charge in [0.1, 0.15) is 0 Å². The van der Waals surface area contributed by atoms with E-state index in [0.717, 1.165) is 5.69 Å². The summed E-state index contributed by atoms with van der Waals surface area (Å²) >= 11 is 0. The molecule has 1 unspecified atom stereocenters. The molecule has 2 rings (SSSR count). The van der Waals surface area contributed by atoms with Crippen LogP contribution >= 0.6 is 0 Å². The molecule has 2 aromatic rings. The Hall–Kier alpha value is -1.84. The first-order valence-electron chi connectivity index (χ1n) is 6.81. The SMILES string of the molecule is Cc1ccc(-c2ccc(NCC(C)(N)CO)cc2)cc1. The summed E-state index contributed by atoms with van der Waals surface area (Å²) in [6.45, 7) is 4.40. The molecule has 0 saturated carbocycles. The molecule has 3 nitrogen and oxygen atoms in total. The first-order chi connectivity index (χ1) is 9.50. The number of aliphatic hydroxyl groups is 1. The fourth-order valence-electron chi connectivity index (χ4n) is 1.89. The zero-order valence-electron chi connectivity index (χ0n) is 12.1. The maximum Gasteiger partial charge on any atom is 0.0625 e. The smallest absolute Gasteiger partial charge is 0.0625 e. The second-order valence-electron chi connectivity index (χ2n) is 5.61. The molecule has 0 aromatic heterocycles. The highest BCUT2D eigenvalue weighted by molar-refractivity contribution is 5.66. The van der Waals surface area contributed by atoms with E-state index in [1.165, 1.54) is 16.7 Å². The number of aryl methyl sites for hydroxylation is 1. The Morgan fingerprint density at radius 3 is 2.00 bits per heavy atom. The highest BCUT2D eigenvalue weighted by atomic mass is 16.3. The third-order valence-electron chi connectivity index (χ3n) is 3.33. The van der Waals surface area contributed by atoms with Crippen LogP contribution < -0.4 is 11.1 Å². The number of benzene rings is 2. The van der Waals surface area contributed by atoms with Crippen molar-refractivity contribution in [3.05, 3.63) is 54.1 Å². The third kappa shape index (κ3) is 3.83. The molecule has 0 aliphatic carbocycles. The quantitative estimate of drug-likeness (QED) is 0.783. The van der Waals surface area contributed by atoms with Crippen LogP contribution in [0.3, 0.4) is 0 Å². The summed E-state index contributed by atoms with van der Waals surface area (Å²) in [4.78, 5) is 0. The highest BCUT2D eigenvalue weighted by Gasteiger charge is 2.16. The molecule has 2 aromatic carbocycles. The van der Waals surface area contributed by atoms with Gasteiger partial charge in [-0.2, -0.15) is 0 Å². The molecule has 3 heteroatoms. The van der Waals surface area contributed by atoms with E-state index in [2.05, 4.69) is 48.6 Å². The van der Waals surface area contributed by atoms with Gasteiger partial charge in [-0.3, -0.25) is 0 Å². The standard InChI is InChI=1S/C17H22N2O/c1-13-3-5-14(6-4-13)15-7-9-16(10-8-15)19-11-17(2,18)12-20/h3-10,19-20H,11-12,18H2,1-2H3. The van der Waals surface area contributed by atoms with Gasteiger partial charge in [-0.15, -0.1) is 0 Å². The summed E-state index contributed by atoms with van der Waals surface area (Å²) < 4.78 is 0. The Kier molecular flexibility index (Phi) is 4.42. The van der Waals surface area contributed by atoms with Gasteiger partial charge >= 0.3 is 0 Å². The Labute approximate surface area is 120 Å². The zero-order valence-corrected chi connectivity index (χ0v) is 12.1. The minimum atomic E-state index is -0.602. The van der Waals surface area contributed by atoms with E-state index in [1.54, 1.807) is 0 Å². The molecule has 20 heavy (non-hydrogen) atoms. The molecule has 0 aliphatic heterocycles. The van der Waals surface area contributed by atoms with Gasteiger partial charge in [0, 0.05) is 12.2 Å². The van der Waals surface area contributed by atoms with Crippen LogP contribution in [0.2, 0.25) is 0 Å². The Bertz CT molecular complexity index is 544. The summed E-state index contributed by atoms with van der Waals surface area (Å²) in [6.07, 6.45) is 0. The maximum atomic E-state index is 9.12. The number of nitrogens with two attached hydrogens (primary N) is 1. The number of aliphatic hydroxyl groups excluding tert-OH is 1. The minimum absolute atomic E-state index is 0.0402. The van der Waals surface area contributed by atoms with Crippen LogP contribution in [-0.4, -0.2) is 23.8 Å². The molecular formula is C17H22N2O. The van der Waals surface area contributed by atoms with Gasteiger partial charge < -0.3 is 16.2 Å². The fraction of sp³-hybridized carbons (Fsp3) is 0.294. The van der Waals surface area contributed by atoms with Gasteiger partial charge in [-0.25, -0.2) is 0 Å². The summed E-state index contributed by atoms with van der Waals surface area (Å²) in [6, 6.07) is 16.7. The number of hydrogen-bond acceptors (Lipinski definition) is 3. The van der Waals surface area contributed by atoms with E-state index < -0.39 is 5.54 Å². The van der Waals surface area contributed by atoms with E-state index >= 15 is 0 Å². The summed E-state index contributed by atoms with van der Waals surface area (Å²) in [5.74, 6) is 0. The molecule has 0 fully saturated rings. The average Bonchev–Trinajstić information content (AvgIpc) is 2.47. The largest absolute Gasteiger partial charge is 0.394 e. The number of nitrogens with one attached hydrogen (secondary N) is 1. The van der Waals surface area contributed by atoms with Gasteiger partial charge in [0.25, 0.3) is 0 Å². The van der Waals surface area contributed by atoms with Gasteiger partial charge in [0.15, 0.2) is 0 Å². The molecule has 0 bridgehead atoms. The Morgan fingerprint density at radius 2 is 1.50 bits per heavy atom. The van der Waals surface area contributed by atoms with Crippen molar-refractivity contribution < 1.29 is 5.11 Å². The normalized spacial score (nSPS) is 13.8. The van der Waals surface area contributed by atoms with Crippen molar-refractivity contribution in [1.29, 1.82) is 0 Å². The highest BCUT2D eigenvalue weighted by Crippen LogP contribution is 2.22. The van der Waals surface area contributed by atoms with Crippen molar-refractivity contribution in [2.75, 3.05) is 18.5 Å². The molecule has 0 spiro atoms. The molecule has 1 atom stereocenters. The molecule has 0 aliphatic rings. The summed E-state index contributed by atoms with van der Waals surface area (Å²) in [7, 11) is 0. The van der Waals surface area contributed by atoms with Crippen molar-refractivity contribution in [3.63, 3.8) is 0 Å². The lowest BCUT2D eigenvalue weighted by atomic mass is 10.0. The second kappa shape index (κ2) is 6.07. The van der Waals surface area contributed by atoms with Gasteiger partial charge in [0.2, 0.25) is 0 Å². The van der Waals surface area contributed by atoms with Crippen LogP contribution in [0.5, 0.6) is 0 Å². The number of anilines is 1. The minimum Gasteiger partial charge on any atom is -0.394 e. The first kappa shape index (κ1) is 14.6. The molecule has 0 saturated heterocycles. The molecule has 0 radical (unpaired) electrons. The topological polar surface area (TPSA) is 58.3 Å².